The Bertz CT molecular complexity index is 1340. The number of halogens is 3. The van der Waals surface area contributed by atoms with Crippen LogP contribution in [0.5, 0.6) is 0 Å². The van der Waals surface area contributed by atoms with Gasteiger partial charge in [-0.15, -0.1) is 0 Å². The Morgan fingerprint density at radius 3 is 2.43 bits per heavy atom. The number of hydrogen-bond acceptors (Lipinski definition) is 6. The molecule has 0 bridgehead atoms. The average molecular weight is 509 g/mol. The SMILES string of the molecule is Cc1ccc(C(=O)Nc2ccc(CN3CCN(C)CC3)c(C(F)(F)F)c2)cc1C#Cc1cnc(N)nc1. The van der Waals surface area contributed by atoms with Crippen molar-refractivity contribution in [3.63, 3.8) is 0 Å². The molecule has 0 unspecified atom stereocenters. The number of aromatic nitrogens is 2. The van der Waals surface area contributed by atoms with Crippen LogP contribution in [0.1, 0.15) is 38.2 Å². The number of nitrogens with zero attached hydrogens (tertiary/aromatic N) is 4. The first-order valence-corrected chi connectivity index (χ1v) is 11.7. The van der Waals surface area contributed by atoms with E-state index < -0.39 is 17.6 Å². The van der Waals surface area contributed by atoms with Crippen molar-refractivity contribution in [2.45, 2.75) is 19.6 Å². The van der Waals surface area contributed by atoms with E-state index >= 15 is 0 Å². The first-order valence-electron chi connectivity index (χ1n) is 11.7. The molecule has 2 aromatic carbocycles. The van der Waals surface area contributed by atoms with Crippen LogP contribution in [0.25, 0.3) is 0 Å². The van der Waals surface area contributed by atoms with Gasteiger partial charge in [0.15, 0.2) is 0 Å². The standard InChI is InChI=1S/C27H27F3N6O/c1-18-3-5-21(13-20(18)6-4-19-15-32-26(31)33-16-19)25(37)34-23-8-7-22(24(14-23)27(28,29)30)17-36-11-9-35(2)10-12-36/h3,5,7-8,13-16H,9-12,17H2,1-2H3,(H,34,37)(H2,31,32,33). The first-order chi connectivity index (χ1) is 17.6. The van der Waals surface area contributed by atoms with E-state index in [0.29, 0.717) is 24.2 Å². The van der Waals surface area contributed by atoms with Crippen molar-refractivity contribution < 1.29 is 18.0 Å². The first kappa shape index (κ1) is 26.1. The van der Waals surface area contributed by atoms with Gasteiger partial charge in [-0.05, 0) is 49.4 Å². The molecule has 1 saturated heterocycles. The molecule has 0 atom stereocenters. The summed E-state index contributed by atoms with van der Waals surface area (Å²) in [6.45, 7) is 5.08. The topological polar surface area (TPSA) is 87.4 Å². The molecule has 3 aromatic rings. The number of aryl methyl sites for hydroxylation is 1. The minimum absolute atomic E-state index is 0.0756. The fourth-order valence-corrected chi connectivity index (χ4v) is 3.95. The molecule has 0 aliphatic carbocycles. The van der Waals surface area contributed by atoms with Crippen molar-refractivity contribution in [3.8, 4) is 11.8 Å². The fourth-order valence-electron chi connectivity index (χ4n) is 3.95. The molecule has 2 heterocycles. The Balaban J connectivity index is 1.52. The Hall–Kier alpha value is -3.94. The number of carbonyl (C=O) groups excluding carboxylic acids is 1. The molecule has 1 aromatic heterocycles. The van der Waals surface area contributed by atoms with Gasteiger partial charge in [0, 0.05) is 61.9 Å². The van der Waals surface area contributed by atoms with Crippen LogP contribution >= 0.6 is 0 Å². The van der Waals surface area contributed by atoms with E-state index in [0.717, 1.165) is 24.7 Å². The number of nitrogens with one attached hydrogen (secondary N) is 1. The summed E-state index contributed by atoms with van der Waals surface area (Å²) in [5.74, 6) is 5.51. The molecule has 3 N–H and O–H groups in total. The van der Waals surface area contributed by atoms with Gasteiger partial charge >= 0.3 is 6.18 Å². The third-order valence-corrected chi connectivity index (χ3v) is 6.18. The van der Waals surface area contributed by atoms with E-state index in [1.807, 2.05) is 18.9 Å². The number of carbonyl (C=O) groups is 1. The summed E-state index contributed by atoms with van der Waals surface area (Å²) < 4.78 is 41.6. The van der Waals surface area contributed by atoms with Crippen molar-refractivity contribution in [1.29, 1.82) is 0 Å². The van der Waals surface area contributed by atoms with Crippen molar-refractivity contribution in [1.82, 2.24) is 19.8 Å². The molecular formula is C27H27F3N6O. The summed E-state index contributed by atoms with van der Waals surface area (Å²) in [5.41, 5.74) is 7.27. The number of piperazine rings is 1. The van der Waals surface area contributed by atoms with Gasteiger partial charge in [-0.3, -0.25) is 9.69 Å². The zero-order valence-corrected chi connectivity index (χ0v) is 20.6. The van der Waals surface area contributed by atoms with Gasteiger partial charge in [-0.2, -0.15) is 13.2 Å². The second-order valence-corrected chi connectivity index (χ2v) is 9.01. The number of benzene rings is 2. The van der Waals surface area contributed by atoms with Crippen LogP contribution in [0.4, 0.5) is 24.8 Å². The Kier molecular flexibility index (Phi) is 7.76. The van der Waals surface area contributed by atoms with Crippen molar-refractivity contribution in [2.75, 3.05) is 44.3 Å². The normalized spacial score (nSPS) is 14.6. The van der Waals surface area contributed by atoms with Crippen LogP contribution in [0.2, 0.25) is 0 Å². The van der Waals surface area contributed by atoms with E-state index in [-0.39, 0.29) is 29.3 Å². The highest BCUT2D eigenvalue weighted by molar-refractivity contribution is 6.04. The van der Waals surface area contributed by atoms with Crippen molar-refractivity contribution in [3.05, 3.63) is 82.2 Å². The lowest BCUT2D eigenvalue weighted by molar-refractivity contribution is -0.138. The van der Waals surface area contributed by atoms with Crippen LogP contribution in [-0.2, 0) is 12.7 Å². The lowest BCUT2D eigenvalue weighted by atomic mass is 10.0. The minimum Gasteiger partial charge on any atom is -0.368 e. The maximum Gasteiger partial charge on any atom is 0.416 e. The molecule has 7 nitrogen and oxygen atoms in total. The number of rotatable bonds is 4. The summed E-state index contributed by atoms with van der Waals surface area (Å²) in [4.78, 5) is 24.8. The third kappa shape index (κ3) is 6.84. The number of likely N-dealkylation sites (N-methyl/N-ethyl adjacent to an activating group) is 1. The molecule has 4 rings (SSSR count). The largest absolute Gasteiger partial charge is 0.416 e. The number of amides is 1. The number of nitrogens with two attached hydrogens (primary N) is 1. The van der Waals surface area contributed by atoms with Gasteiger partial charge in [0.2, 0.25) is 5.95 Å². The van der Waals surface area contributed by atoms with Gasteiger partial charge in [-0.25, -0.2) is 9.97 Å². The van der Waals surface area contributed by atoms with Crippen LogP contribution in [0, 0.1) is 18.8 Å². The highest BCUT2D eigenvalue weighted by atomic mass is 19.4. The van der Waals surface area contributed by atoms with E-state index in [1.54, 1.807) is 18.2 Å². The molecule has 192 valence electrons. The Morgan fingerprint density at radius 2 is 1.76 bits per heavy atom. The molecular weight excluding hydrogens is 481 g/mol. The third-order valence-electron chi connectivity index (χ3n) is 6.18. The Morgan fingerprint density at radius 1 is 1.05 bits per heavy atom. The lowest BCUT2D eigenvalue weighted by Gasteiger charge is -2.33. The van der Waals surface area contributed by atoms with Gasteiger partial charge in [0.25, 0.3) is 5.91 Å². The highest BCUT2D eigenvalue weighted by Gasteiger charge is 2.34. The van der Waals surface area contributed by atoms with Crippen LogP contribution in [0.15, 0.2) is 48.8 Å². The maximum atomic E-state index is 13.9. The lowest BCUT2D eigenvalue weighted by Crippen LogP contribution is -2.44. The zero-order chi connectivity index (χ0) is 26.6. The summed E-state index contributed by atoms with van der Waals surface area (Å²) in [5, 5.41) is 2.59. The van der Waals surface area contributed by atoms with E-state index in [9.17, 15) is 18.0 Å². The number of hydrogen-bond donors (Lipinski definition) is 2. The molecule has 0 spiro atoms. The Labute approximate surface area is 213 Å². The van der Waals surface area contributed by atoms with E-state index in [1.165, 1.54) is 24.5 Å². The fraction of sp³-hybridized carbons (Fsp3) is 0.296. The van der Waals surface area contributed by atoms with Gasteiger partial charge in [0.05, 0.1) is 11.1 Å². The number of alkyl halides is 3. The average Bonchev–Trinajstić information content (AvgIpc) is 2.86. The molecule has 0 saturated carbocycles. The second-order valence-electron chi connectivity index (χ2n) is 9.01. The van der Waals surface area contributed by atoms with Gasteiger partial charge in [-0.1, -0.05) is 24.0 Å². The molecule has 0 radical (unpaired) electrons. The maximum absolute atomic E-state index is 13.9. The monoisotopic (exact) mass is 508 g/mol. The van der Waals surface area contributed by atoms with Gasteiger partial charge in [0.1, 0.15) is 0 Å². The van der Waals surface area contributed by atoms with Crippen LogP contribution in [-0.4, -0.2) is 58.9 Å². The van der Waals surface area contributed by atoms with Crippen molar-refractivity contribution >= 4 is 17.5 Å². The highest BCUT2D eigenvalue weighted by Crippen LogP contribution is 2.34. The van der Waals surface area contributed by atoms with Crippen molar-refractivity contribution in [2.24, 2.45) is 0 Å². The molecule has 10 heteroatoms. The number of anilines is 2. The molecule has 1 aliphatic rings. The molecule has 1 amide bonds. The smallest absolute Gasteiger partial charge is 0.368 e. The summed E-state index contributed by atoms with van der Waals surface area (Å²) >= 11 is 0. The summed E-state index contributed by atoms with van der Waals surface area (Å²) in [6, 6.07) is 8.89. The number of nitrogen functional groups attached to an aromatic ring is 1. The molecule has 1 fully saturated rings. The molecule has 37 heavy (non-hydrogen) atoms. The summed E-state index contributed by atoms with van der Waals surface area (Å²) in [6.07, 6.45) is -1.55. The van der Waals surface area contributed by atoms with E-state index in [4.69, 9.17) is 5.73 Å². The predicted octanol–water partition coefficient (Wildman–Crippen LogP) is 3.79. The minimum atomic E-state index is -4.54. The quantitative estimate of drug-likeness (QED) is 0.522. The van der Waals surface area contributed by atoms with E-state index in [2.05, 4.69) is 32.0 Å². The predicted molar refractivity (Wildman–Crippen MR) is 136 cm³/mol. The van der Waals surface area contributed by atoms with Crippen LogP contribution in [0.3, 0.4) is 0 Å². The zero-order valence-electron chi connectivity index (χ0n) is 20.6. The van der Waals surface area contributed by atoms with Crippen LogP contribution < -0.4 is 11.1 Å². The summed E-state index contributed by atoms with van der Waals surface area (Å²) in [7, 11) is 1.99. The second kappa shape index (κ2) is 11.0. The molecule has 1 aliphatic heterocycles. The van der Waals surface area contributed by atoms with Gasteiger partial charge < -0.3 is 16.0 Å².